The maximum Gasteiger partial charge on any atom is 0.315 e. The lowest BCUT2D eigenvalue weighted by Crippen LogP contribution is -2.48. The molecule has 2 aromatic carbocycles. The molecule has 6 amide bonds. The van der Waals surface area contributed by atoms with Gasteiger partial charge in [-0.15, -0.1) is 9.32 Å². The monoisotopic (exact) mass is 947 g/mol. The van der Waals surface area contributed by atoms with Gasteiger partial charge in [0.05, 0.1) is 63.5 Å². The SMILES string of the molecule is CC1(c2ccc(C(=O)N[C@H](CC(=O)OCCNC(=O)c3ccc(SOON)cc3)C(=O)NCCCOCCOCCOCCCNC(=O)CCCC[C@@H]3SC[C@@H]4NC(=O)N[C@@H]43)cc2)NN1. The summed E-state index contributed by atoms with van der Waals surface area (Å²) in [4.78, 5) is 80.1. The number of nitrogens with one attached hydrogen (secondary N) is 8. The number of unbranched alkanes of at least 4 members (excludes halogenated alkanes) is 1. The first kappa shape index (κ1) is 51.4. The largest absolute Gasteiger partial charge is 0.464 e. The Bertz CT molecular complexity index is 1850. The number of fused-ring (bicyclic) bond motifs is 1. The predicted molar refractivity (Wildman–Crippen MR) is 240 cm³/mol. The van der Waals surface area contributed by atoms with E-state index >= 15 is 0 Å². The molecule has 0 aromatic heterocycles. The summed E-state index contributed by atoms with van der Waals surface area (Å²) in [6.45, 7) is 4.92. The quantitative estimate of drug-likeness (QED) is 0.00942. The van der Waals surface area contributed by atoms with E-state index in [-0.39, 0.29) is 49.4 Å². The van der Waals surface area contributed by atoms with Gasteiger partial charge in [-0.3, -0.25) is 24.0 Å². The van der Waals surface area contributed by atoms with Crippen LogP contribution in [0.4, 0.5) is 4.79 Å². The molecule has 3 heterocycles. The molecule has 21 nitrogen and oxygen atoms in total. The molecular formula is C42H61N9O12S2. The fourth-order valence-electron chi connectivity index (χ4n) is 6.84. The highest BCUT2D eigenvalue weighted by atomic mass is 32.2. The Morgan fingerprint density at radius 3 is 2.11 bits per heavy atom. The van der Waals surface area contributed by atoms with Crippen molar-refractivity contribution in [3.05, 3.63) is 65.2 Å². The Hall–Kier alpha value is -4.56. The second-order valence-corrected chi connectivity index (χ2v) is 17.5. The Kier molecular flexibility index (Phi) is 22.0. The Balaban J connectivity index is 0.883. The molecule has 358 valence electrons. The molecule has 4 atom stereocenters. The van der Waals surface area contributed by atoms with Crippen molar-refractivity contribution < 1.29 is 57.0 Å². The molecular weight excluding hydrogens is 887 g/mol. The summed E-state index contributed by atoms with van der Waals surface area (Å²) in [5, 5.41) is 17.3. The highest BCUT2D eigenvalue weighted by Crippen LogP contribution is 2.33. The van der Waals surface area contributed by atoms with Crippen LogP contribution in [0.2, 0.25) is 0 Å². The number of hydrogen-bond donors (Lipinski definition) is 9. The Morgan fingerprint density at radius 1 is 0.785 bits per heavy atom. The number of hydrogen-bond acceptors (Lipinski definition) is 17. The van der Waals surface area contributed by atoms with Crippen LogP contribution in [0.15, 0.2) is 53.4 Å². The molecule has 10 N–H and O–H groups in total. The van der Waals surface area contributed by atoms with Crippen molar-refractivity contribution >= 4 is 59.4 Å². The fraction of sp³-hybridized carbons (Fsp3) is 0.571. The van der Waals surface area contributed by atoms with Gasteiger partial charge in [0.25, 0.3) is 11.8 Å². The minimum absolute atomic E-state index is 0.0106. The average molecular weight is 948 g/mol. The van der Waals surface area contributed by atoms with Gasteiger partial charge in [0.1, 0.15) is 18.3 Å². The topological polar surface area (TPSA) is 300 Å². The lowest BCUT2D eigenvalue weighted by molar-refractivity contribution is -0.195. The summed E-state index contributed by atoms with van der Waals surface area (Å²) in [5.41, 5.74) is 7.29. The van der Waals surface area contributed by atoms with E-state index in [1.807, 2.05) is 18.7 Å². The number of nitrogens with two attached hydrogens (primary N) is 1. The summed E-state index contributed by atoms with van der Waals surface area (Å²) in [6.07, 6.45) is 3.97. The molecule has 3 aliphatic heterocycles. The van der Waals surface area contributed by atoms with Crippen molar-refractivity contribution in [2.45, 2.75) is 85.8 Å². The zero-order chi connectivity index (χ0) is 46.3. The van der Waals surface area contributed by atoms with Crippen LogP contribution in [0.3, 0.4) is 0 Å². The normalized spacial score (nSPS) is 18.4. The van der Waals surface area contributed by atoms with E-state index in [4.69, 9.17) is 24.8 Å². The third-order valence-electron chi connectivity index (χ3n) is 10.5. The summed E-state index contributed by atoms with van der Waals surface area (Å²) in [5.74, 6) is 3.55. The van der Waals surface area contributed by atoms with Gasteiger partial charge in [0, 0.05) is 59.7 Å². The predicted octanol–water partition coefficient (Wildman–Crippen LogP) is 1.05. The van der Waals surface area contributed by atoms with Crippen molar-refractivity contribution in [1.29, 1.82) is 0 Å². The number of benzene rings is 2. The van der Waals surface area contributed by atoms with Gasteiger partial charge in [-0.25, -0.2) is 15.6 Å². The van der Waals surface area contributed by atoms with E-state index in [0.29, 0.717) is 86.7 Å². The highest BCUT2D eigenvalue weighted by Gasteiger charge is 2.42. The van der Waals surface area contributed by atoms with Crippen molar-refractivity contribution in [2.24, 2.45) is 5.90 Å². The Labute approximate surface area is 386 Å². The lowest BCUT2D eigenvalue weighted by atomic mass is 10.0. The van der Waals surface area contributed by atoms with Gasteiger partial charge in [-0.05, 0) is 74.6 Å². The van der Waals surface area contributed by atoms with E-state index < -0.39 is 36.2 Å². The number of rotatable bonds is 32. The van der Waals surface area contributed by atoms with Crippen LogP contribution < -0.4 is 48.6 Å². The smallest absolute Gasteiger partial charge is 0.315 e. The van der Waals surface area contributed by atoms with E-state index in [9.17, 15) is 28.8 Å². The third kappa shape index (κ3) is 18.3. The second-order valence-electron chi connectivity index (χ2n) is 15.5. The molecule has 3 saturated heterocycles. The zero-order valence-corrected chi connectivity index (χ0v) is 38.1. The number of hydrazine groups is 1. The highest BCUT2D eigenvalue weighted by molar-refractivity contribution is 8.00. The minimum Gasteiger partial charge on any atom is -0.464 e. The zero-order valence-electron chi connectivity index (χ0n) is 36.4. The van der Waals surface area contributed by atoms with Crippen molar-refractivity contribution in [2.75, 3.05) is 71.6 Å². The number of amides is 6. The van der Waals surface area contributed by atoms with Gasteiger partial charge in [-0.2, -0.15) is 17.7 Å². The molecule has 0 aliphatic carbocycles. The molecule has 0 saturated carbocycles. The van der Waals surface area contributed by atoms with Crippen LogP contribution >= 0.6 is 23.8 Å². The molecule has 0 radical (unpaired) electrons. The van der Waals surface area contributed by atoms with E-state index in [1.54, 1.807) is 48.5 Å². The van der Waals surface area contributed by atoms with E-state index in [0.717, 1.165) is 42.6 Å². The van der Waals surface area contributed by atoms with Crippen LogP contribution in [-0.4, -0.2) is 131 Å². The second kappa shape index (κ2) is 27.8. The van der Waals surface area contributed by atoms with E-state index in [1.165, 1.54) is 0 Å². The van der Waals surface area contributed by atoms with Crippen molar-refractivity contribution in [1.82, 2.24) is 42.8 Å². The molecule has 3 fully saturated rings. The number of carbonyl (C=O) groups excluding carboxylic acids is 6. The molecule has 3 aliphatic rings. The molecule has 0 bridgehead atoms. The van der Waals surface area contributed by atoms with Crippen LogP contribution in [-0.2, 0) is 48.3 Å². The average Bonchev–Trinajstić information content (AvgIpc) is 3.80. The number of esters is 1. The van der Waals surface area contributed by atoms with E-state index in [2.05, 4.69) is 52.1 Å². The van der Waals surface area contributed by atoms with Crippen LogP contribution in [0.1, 0.15) is 78.1 Å². The summed E-state index contributed by atoms with van der Waals surface area (Å²) in [7, 11) is 0. The molecule has 23 heteroatoms. The summed E-state index contributed by atoms with van der Waals surface area (Å²) >= 11 is 2.76. The molecule has 5 rings (SSSR count). The standard InChI is InChI=1S/C42H61N9O12S2/c1-42(50-51-42)30-12-8-29(9-13-30)39(55)47-32(26-36(53)61-21-18-46-38(54)28-10-14-31(15-11-28)65-63-62-43)40(56)45-17-5-20-59-23-25-60-24-22-58-19-4-16-44-35(52)7-3-2-6-34-37-33(27-64-34)48-41(57)49-37/h8-15,32-34,37,50-51H,2-7,16-27,43H2,1H3,(H,44,52)(H,45,56)(H,46,54)(H,47,55)(H2,48,49,57)/t32-,33+,34+,37+/m1/s1. The van der Waals surface area contributed by atoms with Crippen molar-refractivity contribution in [3.8, 4) is 0 Å². The first-order chi connectivity index (χ1) is 31.5. The number of thioether (sulfide) groups is 1. The molecule has 0 spiro atoms. The lowest BCUT2D eigenvalue weighted by Gasteiger charge is -2.18. The van der Waals surface area contributed by atoms with Gasteiger partial charge in [0.15, 0.2) is 0 Å². The van der Waals surface area contributed by atoms with Crippen molar-refractivity contribution in [3.63, 3.8) is 0 Å². The minimum atomic E-state index is -1.23. The maximum atomic E-state index is 13.2. The summed E-state index contributed by atoms with van der Waals surface area (Å²) < 4.78 is 26.6. The van der Waals surface area contributed by atoms with Gasteiger partial charge < -0.3 is 50.8 Å². The van der Waals surface area contributed by atoms with Gasteiger partial charge in [-0.1, -0.05) is 18.6 Å². The van der Waals surface area contributed by atoms with Crippen LogP contribution in [0.5, 0.6) is 0 Å². The first-order valence-electron chi connectivity index (χ1n) is 21.7. The van der Waals surface area contributed by atoms with Crippen LogP contribution in [0, 0.1) is 0 Å². The molecule has 2 aromatic rings. The Morgan fingerprint density at radius 2 is 1.43 bits per heavy atom. The maximum absolute atomic E-state index is 13.2. The first-order valence-corrected chi connectivity index (χ1v) is 23.5. The molecule has 0 unspecified atom stereocenters. The summed E-state index contributed by atoms with van der Waals surface area (Å²) in [6, 6.07) is 12.4. The fourth-order valence-corrected chi connectivity index (χ4v) is 8.75. The number of urea groups is 1. The molecule has 65 heavy (non-hydrogen) atoms. The third-order valence-corrected chi connectivity index (χ3v) is 12.7. The van der Waals surface area contributed by atoms with Gasteiger partial charge in [0.2, 0.25) is 11.8 Å². The van der Waals surface area contributed by atoms with Gasteiger partial charge >= 0.3 is 12.0 Å². The number of carbonyl (C=O) groups is 6. The number of ether oxygens (including phenoxy) is 4. The van der Waals surface area contributed by atoms with Crippen LogP contribution in [0.25, 0.3) is 0 Å².